The van der Waals surface area contributed by atoms with E-state index < -0.39 is 10.0 Å². The highest BCUT2D eigenvalue weighted by atomic mass is 32.2. The summed E-state index contributed by atoms with van der Waals surface area (Å²) in [6.07, 6.45) is 6.33. The maximum absolute atomic E-state index is 13.5. The molecule has 0 unspecified atom stereocenters. The summed E-state index contributed by atoms with van der Waals surface area (Å²) in [6.45, 7) is 7.00. The molecule has 2 aromatic rings. The zero-order valence-electron chi connectivity index (χ0n) is 22.1. The summed E-state index contributed by atoms with van der Waals surface area (Å²) in [5, 5.41) is 7.81. The number of nitrogens with one attached hydrogen (secondary N) is 1. The number of aryl methyl sites for hydroxylation is 1. The molecule has 0 radical (unpaired) electrons. The van der Waals surface area contributed by atoms with E-state index in [-0.39, 0.29) is 23.5 Å². The zero-order chi connectivity index (χ0) is 26.2. The summed E-state index contributed by atoms with van der Waals surface area (Å²) in [5.41, 5.74) is 2.83. The SMILES string of the molecule is CCOc1cc(S(=O)(=O)N2CCCN(C)CC2)ccc1N1CNC(=O)c2c1c(C)nn2C1CCCCC1. The Balaban J connectivity index is 1.52. The van der Waals surface area contributed by atoms with Crippen molar-refractivity contribution in [3.63, 3.8) is 0 Å². The van der Waals surface area contributed by atoms with Gasteiger partial charge in [-0.05, 0) is 58.8 Å². The van der Waals surface area contributed by atoms with Gasteiger partial charge in [0.1, 0.15) is 5.75 Å². The van der Waals surface area contributed by atoms with Crippen LogP contribution in [0.5, 0.6) is 5.75 Å². The fourth-order valence-electron chi connectivity index (χ4n) is 5.74. The van der Waals surface area contributed by atoms with Crippen molar-refractivity contribution in [3.05, 3.63) is 29.6 Å². The van der Waals surface area contributed by atoms with Crippen LogP contribution in [0.1, 0.15) is 67.7 Å². The quantitative estimate of drug-likeness (QED) is 0.612. The summed E-state index contributed by atoms with van der Waals surface area (Å²) >= 11 is 0. The second kappa shape index (κ2) is 10.6. The molecule has 37 heavy (non-hydrogen) atoms. The van der Waals surface area contributed by atoms with E-state index in [4.69, 9.17) is 9.84 Å². The molecule has 2 aliphatic heterocycles. The van der Waals surface area contributed by atoms with Gasteiger partial charge >= 0.3 is 0 Å². The Morgan fingerprint density at radius 3 is 2.62 bits per heavy atom. The van der Waals surface area contributed by atoms with Crippen LogP contribution in [0.25, 0.3) is 0 Å². The average molecular weight is 531 g/mol. The van der Waals surface area contributed by atoms with Gasteiger partial charge in [-0.3, -0.25) is 9.48 Å². The first-order valence-corrected chi connectivity index (χ1v) is 14.9. The van der Waals surface area contributed by atoms with E-state index in [1.807, 2.05) is 30.5 Å². The summed E-state index contributed by atoms with van der Waals surface area (Å²) in [7, 11) is -1.65. The second-order valence-electron chi connectivity index (χ2n) is 10.2. The van der Waals surface area contributed by atoms with E-state index in [1.165, 1.54) is 6.42 Å². The minimum absolute atomic E-state index is 0.124. The van der Waals surface area contributed by atoms with Gasteiger partial charge in [-0.25, -0.2) is 8.42 Å². The van der Waals surface area contributed by atoms with E-state index in [2.05, 4.69) is 10.2 Å². The number of nitrogens with zero attached hydrogens (tertiary/aromatic N) is 5. The number of carbonyl (C=O) groups is 1. The van der Waals surface area contributed by atoms with Crippen LogP contribution < -0.4 is 15.0 Å². The van der Waals surface area contributed by atoms with E-state index in [1.54, 1.807) is 22.5 Å². The predicted octanol–water partition coefficient (Wildman–Crippen LogP) is 3.26. The van der Waals surface area contributed by atoms with Crippen molar-refractivity contribution in [1.82, 2.24) is 24.3 Å². The lowest BCUT2D eigenvalue weighted by Crippen LogP contribution is -2.42. The van der Waals surface area contributed by atoms with Crippen LogP contribution >= 0.6 is 0 Å². The van der Waals surface area contributed by atoms with Crippen molar-refractivity contribution < 1.29 is 17.9 Å². The number of ether oxygens (including phenoxy) is 1. The number of hydrogen-bond donors (Lipinski definition) is 1. The van der Waals surface area contributed by atoms with Crippen LogP contribution in [0.15, 0.2) is 23.1 Å². The van der Waals surface area contributed by atoms with Gasteiger partial charge in [-0.1, -0.05) is 19.3 Å². The van der Waals surface area contributed by atoms with Crippen LogP contribution in [0.4, 0.5) is 11.4 Å². The molecule has 0 atom stereocenters. The van der Waals surface area contributed by atoms with E-state index >= 15 is 0 Å². The number of benzene rings is 1. The van der Waals surface area contributed by atoms with Crippen LogP contribution in [0.3, 0.4) is 0 Å². The molecule has 1 amide bonds. The smallest absolute Gasteiger partial charge is 0.273 e. The number of aromatic nitrogens is 2. The van der Waals surface area contributed by atoms with Gasteiger partial charge in [0.15, 0.2) is 5.69 Å². The van der Waals surface area contributed by atoms with Crippen LogP contribution in [0.2, 0.25) is 0 Å². The van der Waals surface area contributed by atoms with Gasteiger partial charge in [0.2, 0.25) is 10.0 Å². The summed E-state index contributed by atoms with van der Waals surface area (Å²) in [6, 6.07) is 5.28. The van der Waals surface area contributed by atoms with Gasteiger partial charge < -0.3 is 19.9 Å². The Bertz CT molecular complexity index is 1250. The normalized spacial score (nSPS) is 20.4. The molecule has 1 aliphatic carbocycles. The summed E-state index contributed by atoms with van der Waals surface area (Å²) in [5.74, 6) is 0.350. The Hall–Kier alpha value is -2.63. The number of amides is 1. The number of hydrogen-bond acceptors (Lipinski definition) is 7. The zero-order valence-corrected chi connectivity index (χ0v) is 22.9. The van der Waals surface area contributed by atoms with Crippen molar-refractivity contribution in [2.24, 2.45) is 0 Å². The highest BCUT2D eigenvalue weighted by molar-refractivity contribution is 7.89. The van der Waals surface area contributed by atoms with Crippen molar-refractivity contribution in [2.45, 2.75) is 63.3 Å². The molecule has 3 heterocycles. The number of fused-ring (bicyclic) bond motifs is 1. The van der Waals surface area contributed by atoms with E-state index in [0.29, 0.717) is 43.4 Å². The molecule has 1 aromatic carbocycles. The Kier molecular flexibility index (Phi) is 7.46. The highest BCUT2D eigenvalue weighted by Gasteiger charge is 2.35. The molecule has 1 saturated heterocycles. The van der Waals surface area contributed by atoms with Gasteiger partial charge in [-0.2, -0.15) is 9.40 Å². The Morgan fingerprint density at radius 2 is 1.86 bits per heavy atom. The summed E-state index contributed by atoms with van der Waals surface area (Å²) in [4.78, 5) is 17.4. The van der Waals surface area contributed by atoms with Crippen molar-refractivity contribution in [3.8, 4) is 5.75 Å². The maximum atomic E-state index is 13.5. The van der Waals surface area contributed by atoms with Crippen LogP contribution in [-0.4, -0.2) is 79.8 Å². The highest BCUT2D eigenvalue weighted by Crippen LogP contribution is 2.42. The van der Waals surface area contributed by atoms with E-state index in [9.17, 15) is 13.2 Å². The molecule has 1 aromatic heterocycles. The third kappa shape index (κ3) is 4.96. The van der Waals surface area contributed by atoms with Gasteiger partial charge in [0.05, 0.1) is 41.3 Å². The van der Waals surface area contributed by atoms with E-state index in [0.717, 1.165) is 50.0 Å². The Labute approximate surface area is 219 Å². The lowest BCUT2D eigenvalue weighted by atomic mass is 9.95. The number of rotatable bonds is 6. The molecule has 1 N–H and O–H groups in total. The average Bonchev–Trinajstić information content (AvgIpc) is 3.09. The third-order valence-corrected chi connectivity index (χ3v) is 9.59. The third-order valence-electron chi connectivity index (χ3n) is 7.70. The number of sulfonamides is 1. The lowest BCUT2D eigenvalue weighted by Gasteiger charge is -2.32. The van der Waals surface area contributed by atoms with Gasteiger partial charge in [-0.15, -0.1) is 0 Å². The molecule has 1 saturated carbocycles. The number of likely N-dealkylation sites (N-methyl/N-ethyl adjacent to an activating group) is 1. The molecule has 3 aliphatic rings. The van der Waals surface area contributed by atoms with Crippen molar-refractivity contribution in [2.75, 3.05) is 51.4 Å². The van der Waals surface area contributed by atoms with Crippen molar-refractivity contribution >= 4 is 27.3 Å². The first kappa shape index (κ1) is 26.0. The van der Waals surface area contributed by atoms with Gasteiger partial charge in [0.25, 0.3) is 5.91 Å². The minimum atomic E-state index is -3.66. The topological polar surface area (TPSA) is 100 Å². The fraction of sp³-hybridized carbons (Fsp3) is 0.615. The second-order valence-corrected chi connectivity index (χ2v) is 12.2. The monoisotopic (exact) mass is 530 g/mol. The fourth-order valence-corrected chi connectivity index (χ4v) is 7.23. The molecule has 0 bridgehead atoms. The predicted molar refractivity (Wildman–Crippen MR) is 142 cm³/mol. The molecule has 202 valence electrons. The first-order chi connectivity index (χ1) is 17.8. The maximum Gasteiger partial charge on any atom is 0.273 e. The standard InChI is InChI=1S/C26H38N6O4S/c1-4-36-23-17-21(37(34,35)30-14-8-13-29(3)15-16-30)11-12-22(23)31-18-27-26(33)25-24(31)19(2)28-32(25)20-9-6-5-7-10-20/h11-12,17,20H,4-10,13-16,18H2,1-3H3,(H,27,33). The molecule has 5 rings (SSSR count). The number of anilines is 2. The lowest BCUT2D eigenvalue weighted by molar-refractivity contribution is 0.0933. The molecule has 0 spiro atoms. The number of carbonyl (C=O) groups excluding carboxylic acids is 1. The largest absolute Gasteiger partial charge is 0.492 e. The summed E-state index contributed by atoms with van der Waals surface area (Å²) < 4.78 is 36.5. The van der Waals surface area contributed by atoms with Gasteiger partial charge in [0, 0.05) is 25.7 Å². The molecule has 11 heteroatoms. The van der Waals surface area contributed by atoms with Crippen LogP contribution in [0, 0.1) is 6.92 Å². The molecule has 10 nitrogen and oxygen atoms in total. The molecular weight excluding hydrogens is 492 g/mol. The van der Waals surface area contributed by atoms with Crippen molar-refractivity contribution in [1.29, 1.82) is 0 Å². The molecule has 2 fully saturated rings. The van der Waals surface area contributed by atoms with Crippen LogP contribution in [-0.2, 0) is 10.0 Å². The minimum Gasteiger partial charge on any atom is -0.492 e. The molecular formula is C26H38N6O4S. The Morgan fingerprint density at radius 1 is 1.08 bits per heavy atom. The first-order valence-electron chi connectivity index (χ1n) is 13.4.